The maximum Gasteiger partial charge on any atom is 0.306 e. The Balaban J connectivity index is 1.73. The number of aromatic nitrogens is 2. The number of fused-ring (bicyclic) bond motifs is 2. The van der Waals surface area contributed by atoms with E-state index in [0.717, 1.165) is 34.1 Å². The molecule has 1 aliphatic rings. The first-order valence-electron chi connectivity index (χ1n) is 8.45. The van der Waals surface area contributed by atoms with Crippen molar-refractivity contribution >= 4 is 32.7 Å². The second kappa shape index (κ2) is 5.82. The van der Waals surface area contributed by atoms with Crippen LogP contribution in [0.2, 0.25) is 0 Å². The molecule has 1 amide bonds. The maximum atomic E-state index is 11.9. The molecule has 2 N–H and O–H groups in total. The topological polar surface area (TPSA) is 101 Å². The van der Waals surface area contributed by atoms with E-state index in [9.17, 15) is 13.2 Å². The van der Waals surface area contributed by atoms with Crippen LogP contribution >= 0.6 is 0 Å². The van der Waals surface area contributed by atoms with E-state index in [2.05, 4.69) is 15.3 Å². The Morgan fingerprint density at radius 3 is 2.52 bits per heavy atom. The smallest absolute Gasteiger partial charge is 0.306 e. The summed E-state index contributed by atoms with van der Waals surface area (Å²) >= 11 is 0. The van der Waals surface area contributed by atoms with Crippen molar-refractivity contribution in [3.8, 4) is 17.1 Å². The molecule has 3 aromatic rings. The molecule has 1 aromatic heterocycles. The number of benzene rings is 2. The number of carbonyl (C=O) groups is 1. The normalized spacial score (nSPS) is 16.0. The minimum atomic E-state index is -3.56. The lowest BCUT2D eigenvalue weighted by molar-refractivity contribution is -0.117. The molecule has 7 nitrogen and oxygen atoms in total. The summed E-state index contributed by atoms with van der Waals surface area (Å²) in [5, 5.41) is 2.92. The van der Waals surface area contributed by atoms with Crippen LogP contribution in [0.1, 0.15) is 25.8 Å². The lowest BCUT2D eigenvalue weighted by Gasteiger charge is -2.31. The molecule has 4 rings (SSSR count). The molecule has 0 radical (unpaired) electrons. The van der Waals surface area contributed by atoms with Crippen molar-refractivity contribution in [1.29, 1.82) is 0 Å². The molecule has 0 saturated heterocycles. The van der Waals surface area contributed by atoms with Gasteiger partial charge in [0.15, 0.2) is 0 Å². The molecule has 0 fully saturated rings. The second-order valence-electron chi connectivity index (χ2n) is 7.42. The Morgan fingerprint density at radius 1 is 1.15 bits per heavy atom. The van der Waals surface area contributed by atoms with Gasteiger partial charge in [-0.3, -0.25) is 4.79 Å². The Kier molecular flexibility index (Phi) is 3.78. The van der Waals surface area contributed by atoms with Gasteiger partial charge in [0.25, 0.3) is 0 Å². The fourth-order valence-electron chi connectivity index (χ4n) is 3.39. The van der Waals surface area contributed by atoms with E-state index in [1.54, 1.807) is 24.3 Å². The van der Waals surface area contributed by atoms with Gasteiger partial charge in [-0.1, -0.05) is 13.8 Å². The molecule has 0 bridgehead atoms. The highest BCUT2D eigenvalue weighted by Crippen LogP contribution is 2.39. The molecule has 0 unspecified atom stereocenters. The number of nitrogens with one attached hydrogen (secondary N) is 2. The average Bonchev–Trinajstić information content (AvgIpc) is 2.94. The average molecular weight is 385 g/mol. The number of imidazole rings is 1. The van der Waals surface area contributed by atoms with Crippen molar-refractivity contribution in [2.24, 2.45) is 0 Å². The van der Waals surface area contributed by atoms with Crippen molar-refractivity contribution < 1.29 is 17.4 Å². The van der Waals surface area contributed by atoms with Gasteiger partial charge in [0.1, 0.15) is 11.6 Å². The zero-order valence-electron chi connectivity index (χ0n) is 15.2. The number of hydrogen-bond acceptors (Lipinski definition) is 5. The number of carbonyl (C=O) groups excluding carboxylic acids is 1. The molecule has 0 saturated carbocycles. The van der Waals surface area contributed by atoms with Gasteiger partial charge in [-0.25, -0.2) is 4.98 Å². The highest BCUT2D eigenvalue weighted by molar-refractivity contribution is 7.86. The monoisotopic (exact) mass is 385 g/mol. The van der Waals surface area contributed by atoms with Crippen molar-refractivity contribution in [2.75, 3.05) is 11.6 Å². The van der Waals surface area contributed by atoms with Gasteiger partial charge in [-0.15, -0.1) is 0 Å². The second-order valence-corrected chi connectivity index (χ2v) is 9.00. The molecule has 0 aliphatic carbocycles. The number of amides is 1. The van der Waals surface area contributed by atoms with E-state index in [4.69, 9.17) is 4.18 Å². The van der Waals surface area contributed by atoms with Crippen LogP contribution in [0.4, 0.5) is 5.69 Å². The minimum Gasteiger partial charge on any atom is -0.383 e. The zero-order chi connectivity index (χ0) is 19.4. The van der Waals surface area contributed by atoms with Gasteiger partial charge in [-0.2, -0.15) is 8.42 Å². The summed E-state index contributed by atoms with van der Waals surface area (Å²) in [5.74, 6) is 0.906. The Morgan fingerprint density at radius 2 is 1.85 bits per heavy atom. The van der Waals surface area contributed by atoms with Crippen LogP contribution in [0, 0.1) is 0 Å². The highest BCUT2D eigenvalue weighted by Gasteiger charge is 2.32. The number of rotatable bonds is 3. The first-order valence-corrected chi connectivity index (χ1v) is 10.3. The molecule has 140 valence electrons. The van der Waals surface area contributed by atoms with Crippen molar-refractivity contribution in [3.05, 3.63) is 42.0 Å². The highest BCUT2D eigenvalue weighted by atomic mass is 32.2. The van der Waals surface area contributed by atoms with E-state index in [0.29, 0.717) is 12.2 Å². The van der Waals surface area contributed by atoms with Gasteiger partial charge < -0.3 is 14.5 Å². The van der Waals surface area contributed by atoms with Crippen LogP contribution in [-0.4, -0.2) is 30.5 Å². The number of hydrogen-bond donors (Lipinski definition) is 2. The summed E-state index contributed by atoms with van der Waals surface area (Å²) in [5.41, 5.74) is 4.04. The summed E-state index contributed by atoms with van der Waals surface area (Å²) in [4.78, 5) is 19.8. The number of anilines is 1. The SMILES string of the molecule is CC1(C)CC(=O)Nc2cc3nc(-c4ccc(OS(C)(=O)=O)cc4)[nH]c3cc21. The predicted octanol–water partition coefficient (Wildman–Crippen LogP) is 3.19. The van der Waals surface area contributed by atoms with E-state index < -0.39 is 10.1 Å². The van der Waals surface area contributed by atoms with Crippen molar-refractivity contribution in [3.63, 3.8) is 0 Å². The lowest BCUT2D eigenvalue weighted by Crippen LogP contribution is -2.32. The molecule has 0 spiro atoms. The van der Waals surface area contributed by atoms with Crippen molar-refractivity contribution in [2.45, 2.75) is 25.7 Å². The molecular weight excluding hydrogens is 366 g/mol. The molecule has 0 atom stereocenters. The number of aromatic amines is 1. The van der Waals surface area contributed by atoms with Crippen LogP contribution in [0.25, 0.3) is 22.4 Å². The summed E-state index contributed by atoms with van der Waals surface area (Å²) < 4.78 is 27.3. The van der Waals surface area contributed by atoms with Gasteiger partial charge in [0, 0.05) is 23.1 Å². The molecule has 27 heavy (non-hydrogen) atoms. The van der Waals surface area contributed by atoms with E-state index in [1.807, 2.05) is 26.0 Å². The lowest BCUT2D eigenvalue weighted by atomic mass is 9.78. The third kappa shape index (κ3) is 3.40. The van der Waals surface area contributed by atoms with E-state index >= 15 is 0 Å². The summed E-state index contributed by atoms with van der Waals surface area (Å²) in [6, 6.07) is 10.6. The number of nitrogens with zero attached hydrogens (tertiary/aromatic N) is 1. The fraction of sp³-hybridized carbons (Fsp3) is 0.263. The number of H-pyrrole nitrogens is 1. The predicted molar refractivity (Wildman–Crippen MR) is 103 cm³/mol. The van der Waals surface area contributed by atoms with E-state index in [-0.39, 0.29) is 17.1 Å². The fourth-order valence-corrected chi connectivity index (χ4v) is 3.85. The van der Waals surface area contributed by atoms with E-state index in [1.165, 1.54) is 0 Å². The van der Waals surface area contributed by atoms with Gasteiger partial charge in [0.2, 0.25) is 5.91 Å². The summed E-state index contributed by atoms with van der Waals surface area (Å²) in [6.45, 7) is 4.10. The molecule has 8 heteroatoms. The van der Waals surface area contributed by atoms with Crippen LogP contribution < -0.4 is 9.50 Å². The third-order valence-corrected chi connectivity index (χ3v) is 5.10. The summed E-state index contributed by atoms with van der Waals surface area (Å²) in [7, 11) is -3.56. The molecular formula is C19H19N3O4S. The minimum absolute atomic E-state index is 0.00377. The first-order chi connectivity index (χ1) is 12.6. The van der Waals surface area contributed by atoms with Crippen LogP contribution in [-0.2, 0) is 20.3 Å². The molecule has 2 aromatic carbocycles. The van der Waals surface area contributed by atoms with Crippen LogP contribution in [0.5, 0.6) is 5.75 Å². The van der Waals surface area contributed by atoms with Crippen LogP contribution in [0.15, 0.2) is 36.4 Å². The Bertz CT molecular complexity index is 1160. The Hall–Kier alpha value is -2.87. The Labute approximate surface area is 156 Å². The molecule has 2 heterocycles. The molecule has 1 aliphatic heterocycles. The maximum absolute atomic E-state index is 11.9. The first kappa shape index (κ1) is 17.5. The van der Waals surface area contributed by atoms with Crippen LogP contribution in [0.3, 0.4) is 0 Å². The third-order valence-electron chi connectivity index (χ3n) is 4.60. The quantitative estimate of drug-likeness (QED) is 0.674. The van der Waals surface area contributed by atoms with Crippen molar-refractivity contribution in [1.82, 2.24) is 9.97 Å². The van der Waals surface area contributed by atoms with Gasteiger partial charge in [0.05, 0.1) is 17.3 Å². The van der Waals surface area contributed by atoms with Gasteiger partial charge >= 0.3 is 10.1 Å². The zero-order valence-corrected chi connectivity index (χ0v) is 16.0. The largest absolute Gasteiger partial charge is 0.383 e. The van der Waals surface area contributed by atoms with Gasteiger partial charge in [-0.05, 0) is 42.0 Å². The standard InChI is InChI=1S/C19H19N3O4S/c1-19(2)10-17(23)20-14-9-16-15(8-13(14)19)21-18(22-16)11-4-6-12(7-5-11)26-27(3,24)25/h4-9H,10H2,1-3H3,(H,20,23)(H,21,22). The summed E-state index contributed by atoms with van der Waals surface area (Å²) in [6.07, 6.45) is 1.44.